The van der Waals surface area contributed by atoms with Gasteiger partial charge in [0.15, 0.2) is 5.78 Å². The number of hydrogen-bond acceptors (Lipinski definition) is 1. The first-order valence-electron chi connectivity index (χ1n) is 2.77. The number of halogens is 3. The van der Waals surface area contributed by atoms with Gasteiger partial charge in [-0.2, -0.15) is 0 Å². The Morgan fingerprint density at radius 2 is 1.82 bits per heavy atom. The number of aromatic amines is 1. The smallest absolute Gasteiger partial charge is 0.177 e. The molecule has 1 rings (SSSR count). The molecule has 60 valence electrons. The molecule has 11 heavy (non-hydrogen) atoms. The van der Waals surface area contributed by atoms with Crippen molar-refractivity contribution in [3.63, 3.8) is 0 Å². The van der Waals surface area contributed by atoms with E-state index in [0.717, 1.165) is 13.5 Å². The molecule has 1 aromatic rings. The Morgan fingerprint density at radius 1 is 1.27 bits per heavy atom. The normalized spacial score (nSPS) is 10.2. The lowest BCUT2D eigenvalue weighted by molar-refractivity contribution is 0.101. The fraction of sp³-hybridized carbons (Fsp3) is 0.167. The van der Waals surface area contributed by atoms with Crippen molar-refractivity contribution in [2.45, 2.75) is 6.92 Å². The summed E-state index contributed by atoms with van der Waals surface area (Å²) in [6.07, 6.45) is 0. The van der Waals surface area contributed by atoms with Gasteiger partial charge in [0.25, 0.3) is 0 Å². The number of nitrogens with one attached hydrogen (secondary N) is 1. The molecule has 0 fully saturated rings. The molecule has 1 heterocycles. The fourth-order valence-electron chi connectivity index (χ4n) is 0.668. The summed E-state index contributed by atoms with van der Waals surface area (Å²) in [6, 6.07) is 0. The van der Waals surface area contributed by atoms with Gasteiger partial charge in [0.2, 0.25) is 0 Å². The Kier molecular flexibility index (Phi) is 2.94. The van der Waals surface area contributed by atoms with E-state index in [4.69, 9.17) is 0 Å². The summed E-state index contributed by atoms with van der Waals surface area (Å²) in [6.45, 7) is 1.51. The van der Waals surface area contributed by atoms with E-state index in [1.807, 2.05) is 0 Å². The van der Waals surface area contributed by atoms with Crippen LogP contribution in [0.15, 0.2) is 13.5 Å². The molecule has 0 unspecified atom stereocenters. The van der Waals surface area contributed by atoms with Gasteiger partial charge in [-0.15, -0.1) is 0 Å². The van der Waals surface area contributed by atoms with Crippen LogP contribution in [0.25, 0.3) is 0 Å². The molecule has 5 heteroatoms. The van der Waals surface area contributed by atoms with Crippen LogP contribution in [-0.2, 0) is 0 Å². The molecule has 0 aromatic carbocycles. The number of rotatable bonds is 1. The van der Waals surface area contributed by atoms with Gasteiger partial charge >= 0.3 is 0 Å². The SMILES string of the molecule is CC(=O)c1[nH]c(Br)c(Br)c1Br. The van der Waals surface area contributed by atoms with Gasteiger partial charge in [-0.25, -0.2) is 0 Å². The summed E-state index contributed by atoms with van der Waals surface area (Å²) in [5.74, 6) is 0.00303. The lowest BCUT2D eigenvalue weighted by Gasteiger charge is -1.88. The topological polar surface area (TPSA) is 32.9 Å². The van der Waals surface area contributed by atoms with E-state index in [1.165, 1.54) is 6.92 Å². The molecule has 0 radical (unpaired) electrons. The highest BCUT2D eigenvalue weighted by Gasteiger charge is 2.13. The van der Waals surface area contributed by atoms with Crippen LogP contribution in [0, 0.1) is 0 Å². The highest BCUT2D eigenvalue weighted by atomic mass is 79.9. The van der Waals surface area contributed by atoms with Crippen molar-refractivity contribution in [3.8, 4) is 0 Å². The van der Waals surface area contributed by atoms with Crippen LogP contribution in [0.5, 0.6) is 0 Å². The Balaban J connectivity index is 3.29. The van der Waals surface area contributed by atoms with Crippen molar-refractivity contribution in [2.24, 2.45) is 0 Å². The van der Waals surface area contributed by atoms with Crippen LogP contribution in [-0.4, -0.2) is 10.8 Å². The fourth-order valence-corrected chi connectivity index (χ4v) is 2.20. The molecule has 1 aromatic heterocycles. The highest BCUT2D eigenvalue weighted by Crippen LogP contribution is 2.33. The second kappa shape index (κ2) is 3.41. The molecule has 2 nitrogen and oxygen atoms in total. The third-order valence-corrected chi connectivity index (χ3v) is 4.44. The van der Waals surface area contributed by atoms with Crippen molar-refractivity contribution in [1.82, 2.24) is 4.98 Å². The summed E-state index contributed by atoms with van der Waals surface area (Å²) in [7, 11) is 0. The molecule has 0 bridgehead atoms. The number of aromatic nitrogens is 1. The number of H-pyrrole nitrogens is 1. The van der Waals surface area contributed by atoms with Gasteiger partial charge < -0.3 is 4.98 Å². The zero-order valence-corrected chi connectivity index (χ0v) is 10.3. The van der Waals surface area contributed by atoms with Crippen molar-refractivity contribution < 1.29 is 4.79 Å². The largest absolute Gasteiger partial charge is 0.345 e. The predicted molar refractivity (Wildman–Crippen MR) is 53.9 cm³/mol. The molecular formula is C6H4Br3NO. The van der Waals surface area contributed by atoms with E-state index in [-0.39, 0.29) is 5.78 Å². The monoisotopic (exact) mass is 343 g/mol. The summed E-state index contributed by atoms with van der Waals surface area (Å²) >= 11 is 9.81. The minimum atomic E-state index is 0.00303. The number of carbonyl (C=O) groups is 1. The van der Waals surface area contributed by atoms with Gasteiger partial charge in [-0.05, 0) is 47.8 Å². The van der Waals surface area contributed by atoms with Gasteiger partial charge in [-0.1, -0.05) is 0 Å². The summed E-state index contributed by atoms with van der Waals surface area (Å²) in [5, 5.41) is 0. The Bertz CT molecular complexity index is 305. The Morgan fingerprint density at radius 3 is 2.00 bits per heavy atom. The van der Waals surface area contributed by atoms with E-state index in [1.54, 1.807) is 0 Å². The maximum atomic E-state index is 10.9. The third-order valence-electron chi connectivity index (χ3n) is 1.19. The number of carbonyl (C=O) groups excluding carboxylic acids is 1. The number of hydrogen-bond donors (Lipinski definition) is 1. The van der Waals surface area contributed by atoms with E-state index >= 15 is 0 Å². The summed E-state index contributed by atoms with van der Waals surface area (Å²) < 4.78 is 2.37. The maximum Gasteiger partial charge on any atom is 0.177 e. The predicted octanol–water partition coefficient (Wildman–Crippen LogP) is 3.50. The van der Waals surface area contributed by atoms with E-state index in [0.29, 0.717) is 5.69 Å². The van der Waals surface area contributed by atoms with Crippen LogP contribution in [0.3, 0.4) is 0 Å². The molecule has 0 saturated heterocycles. The zero-order chi connectivity index (χ0) is 8.59. The summed E-state index contributed by atoms with van der Waals surface area (Å²) in [5.41, 5.74) is 0.573. The molecule has 0 spiro atoms. The molecular weight excluding hydrogens is 342 g/mol. The average Bonchev–Trinajstić information content (AvgIpc) is 2.17. The van der Waals surface area contributed by atoms with Crippen molar-refractivity contribution in [3.05, 3.63) is 19.2 Å². The molecule has 0 aliphatic carbocycles. The molecule has 0 saturated carbocycles. The second-order valence-electron chi connectivity index (χ2n) is 2.00. The van der Waals surface area contributed by atoms with Crippen LogP contribution < -0.4 is 0 Å². The van der Waals surface area contributed by atoms with Crippen LogP contribution in [0.2, 0.25) is 0 Å². The Hall–Kier alpha value is 0.390. The van der Waals surface area contributed by atoms with Crippen molar-refractivity contribution in [1.29, 1.82) is 0 Å². The summed E-state index contributed by atoms with van der Waals surface area (Å²) in [4.78, 5) is 13.8. The van der Waals surface area contributed by atoms with Crippen molar-refractivity contribution in [2.75, 3.05) is 0 Å². The highest BCUT2D eigenvalue weighted by molar-refractivity contribution is 9.14. The minimum absolute atomic E-state index is 0.00303. The molecule has 0 amide bonds. The zero-order valence-electron chi connectivity index (χ0n) is 5.54. The minimum Gasteiger partial charge on any atom is -0.345 e. The van der Waals surface area contributed by atoms with Gasteiger partial charge in [-0.3, -0.25) is 4.79 Å². The molecule has 0 aliphatic rings. The second-order valence-corrected chi connectivity index (χ2v) is 4.38. The van der Waals surface area contributed by atoms with E-state index < -0.39 is 0 Å². The Labute approximate surface area is 89.1 Å². The molecule has 0 atom stereocenters. The van der Waals surface area contributed by atoms with Gasteiger partial charge in [0, 0.05) is 6.92 Å². The standard InChI is InChI=1S/C6H4Br3NO/c1-2(11)5-3(7)4(8)6(9)10-5/h10H,1H3. The lowest BCUT2D eigenvalue weighted by Crippen LogP contribution is -1.92. The van der Waals surface area contributed by atoms with Crippen LogP contribution >= 0.6 is 47.8 Å². The number of Topliss-reactive ketones (excluding diaryl/α,β-unsaturated/α-hetero) is 1. The van der Waals surface area contributed by atoms with Crippen LogP contribution in [0.1, 0.15) is 17.4 Å². The van der Waals surface area contributed by atoms with Crippen LogP contribution in [0.4, 0.5) is 0 Å². The first kappa shape index (κ1) is 9.48. The van der Waals surface area contributed by atoms with E-state index in [9.17, 15) is 4.79 Å². The lowest BCUT2D eigenvalue weighted by atomic mass is 10.3. The first-order valence-corrected chi connectivity index (χ1v) is 5.15. The van der Waals surface area contributed by atoms with Gasteiger partial charge in [0.05, 0.1) is 19.2 Å². The van der Waals surface area contributed by atoms with Crippen molar-refractivity contribution >= 4 is 53.6 Å². The molecule has 1 N–H and O–H groups in total. The van der Waals surface area contributed by atoms with Gasteiger partial charge in [0.1, 0.15) is 0 Å². The quantitative estimate of drug-likeness (QED) is 0.776. The molecule has 0 aliphatic heterocycles. The third kappa shape index (κ3) is 1.76. The van der Waals surface area contributed by atoms with E-state index in [2.05, 4.69) is 52.8 Å². The first-order chi connectivity index (χ1) is 5.04. The maximum absolute atomic E-state index is 10.9. The average molecular weight is 346 g/mol. The number of ketones is 1.